The standard InChI is InChI=1S/C14H18N2O2S2/c1-9-6-12(19-11(9)3)8-16-20(17,18)13-4-5-14(15)10(2)7-13/h4-7,16H,8,15H2,1-3H3. The highest BCUT2D eigenvalue weighted by Gasteiger charge is 2.15. The van der Waals surface area contributed by atoms with Gasteiger partial charge in [-0.3, -0.25) is 0 Å². The van der Waals surface area contributed by atoms with Crippen LogP contribution >= 0.6 is 11.3 Å². The molecule has 108 valence electrons. The van der Waals surface area contributed by atoms with Crippen LogP contribution in [0.15, 0.2) is 29.2 Å². The number of benzene rings is 1. The summed E-state index contributed by atoms with van der Waals surface area (Å²) < 4.78 is 27.0. The topological polar surface area (TPSA) is 72.2 Å². The van der Waals surface area contributed by atoms with Crippen LogP contribution in [0.5, 0.6) is 0 Å². The van der Waals surface area contributed by atoms with Gasteiger partial charge in [-0.25, -0.2) is 13.1 Å². The molecule has 0 saturated carbocycles. The molecule has 0 aliphatic heterocycles. The van der Waals surface area contributed by atoms with E-state index < -0.39 is 10.0 Å². The normalized spacial score (nSPS) is 11.8. The summed E-state index contributed by atoms with van der Waals surface area (Å²) >= 11 is 1.61. The smallest absolute Gasteiger partial charge is 0.240 e. The Morgan fingerprint density at radius 3 is 2.40 bits per heavy atom. The largest absolute Gasteiger partial charge is 0.399 e. The van der Waals surface area contributed by atoms with Crippen molar-refractivity contribution in [2.45, 2.75) is 32.2 Å². The lowest BCUT2D eigenvalue weighted by atomic mass is 10.2. The Morgan fingerprint density at radius 1 is 1.15 bits per heavy atom. The maximum absolute atomic E-state index is 12.2. The molecule has 4 nitrogen and oxygen atoms in total. The van der Waals surface area contributed by atoms with E-state index in [-0.39, 0.29) is 4.90 Å². The molecular formula is C14H18N2O2S2. The van der Waals surface area contributed by atoms with Gasteiger partial charge in [0.15, 0.2) is 0 Å². The Labute approximate surface area is 123 Å². The second kappa shape index (κ2) is 5.55. The quantitative estimate of drug-likeness (QED) is 0.853. The molecule has 2 aromatic rings. The summed E-state index contributed by atoms with van der Waals surface area (Å²) in [6.07, 6.45) is 0. The van der Waals surface area contributed by atoms with Crippen molar-refractivity contribution in [3.63, 3.8) is 0 Å². The van der Waals surface area contributed by atoms with Crippen molar-refractivity contribution in [1.82, 2.24) is 4.72 Å². The van der Waals surface area contributed by atoms with E-state index in [0.717, 1.165) is 10.4 Å². The lowest BCUT2D eigenvalue weighted by Crippen LogP contribution is -2.22. The number of hydrogen-bond acceptors (Lipinski definition) is 4. The molecular weight excluding hydrogens is 292 g/mol. The van der Waals surface area contributed by atoms with Crippen LogP contribution in [0.3, 0.4) is 0 Å². The molecule has 3 N–H and O–H groups in total. The van der Waals surface area contributed by atoms with Crippen molar-refractivity contribution in [2.75, 3.05) is 5.73 Å². The highest BCUT2D eigenvalue weighted by molar-refractivity contribution is 7.89. The van der Waals surface area contributed by atoms with E-state index in [1.165, 1.54) is 16.5 Å². The van der Waals surface area contributed by atoms with Crippen molar-refractivity contribution >= 4 is 27.0 Å². The Morgan fingerprint density at radius 2 is 1.85 bits per heavy atom. The number of hydrogen-bond donors (Lipinski definition) is 2. The van der Waals surface area contributed by atoms with E-state index in [1.54, 1.807) is 30.4 Å². The van der Waals surface area contributed by atoms with E-state index in [1.807, 2.05) is 19.9 Å². The monoisotopic (exact) mass is 310 g/mol. The molecule has 0 radical (unpaired) electrons. The minimum atomic E-state index is -3.50. The van der Waals surface area contributed by atoms with E-state index in [4.69, 9.17) is 5.73 Å². The summed E-state index contributed by atoms with van der Waals surface area (Å²) in [7, 11) is -3.50. The van der Waals surface area contributed by atoms with Gasteiger partial charge in [0, 0.05) is 22.0 Å². The lowest BCUT2D eigenvalue weighted by Gasteiger charge is -2.07. The van der Waals surface area contributed by atoms with E-state index in [2.05, 4.69) is 4.72 Å². The van der Waals surface area contributed by atoms with Crippen LogP contribution in [-0.4, -0.2) is 8.42 Å². The molecule has 0 amide bonds. The molecule has 0 aliphatic carbocycles. The number of aryl methyl sites for hydroxylation is 3. The van der Waals surface area contributed by atoms with Crippen LogP contribution in [0.2, 0.25) is 0 Å². The SMILES string of the molecule is Cc1cc(S(=O)(=O)NCc2cc(C)c(C)s2)ccc1N. The fourth-order valence-electron chi connectivity index (χ4n) is 1.80. The average Bonchev–Trinajstić information content (AvgIpc) is 2.70. The molecule has 1 aromatic heterocycles. The summed E-state index contributed by atoms with van der Waals surface area (Å²) in [4.78, 5) is 2.47. The maximum Gasteiger partial charge on any atom is 0.240 e. The molecule has 0 spiro atoms. The van der Waals surface area contributed by atoms with Crippen molar-refractivity contribution in [3.8, 4) is 0 Å². The summed E-state index contributed by atoms with van der Waals surface area (Å²) in [5.41, 5.74) is 8.24. The number of nitrogens with one attached hydrogen (secondary N) is 1. The van der Waals surface area contributed by atoms with Gasteiger partial charge in [0.1, 0.15) is 0 Å². The lowest BCUT2D eigenvalue weighted by molar-refractivity contribution is 0.581. The molecule has 1 aromatic carbocycles. The minimum absolute atomic E-state index is 0.245. The molecule has 6 heteroatoms. The predicted molar refractivity (Wildman–Crippen MR) is 83.4 cm³/mol. The second-order valence-electron chi connectivity index (χ2n) is 4.79. The molecule has 2 rings (SSSR count). The summed E-state index contributed by atoms with van der Waals surface area (Å²) in [5.74, 6) is 0. The van der Waals surface area contributed by atoms with Crippen LogP contribution in [0.1, 0.15) is 20.9 Å². The van der Waals surface area contributed by atoms with Crippen molar-refractivity contribution in [1.29, 1.82) is 0 Å². The van der Waals surface area contributed by atoms with Crippen molar-refractivity contribution < 1.29 is 8.42 Å². The van der Waals surface area contributed by atoms with Crippen LogP contribution in [-0.2, 0) is 16.6 Å². The van der Waals surface area contributed by atoms with Crippen LogP contribution in [0.4, 0.5) is 5.69 Å². The highest BCUT2D eigenvalue weighted by Crippen LogP contribution is 2.21. The fourth-order valence-corrected chi connectivity index (χ4v) is 3.98. The van der Waals surface area contributed by atoms with Gasteiger partial charge in [0.2, 0.25) is 10.0 Å². The van der Waals surface area contributed by atoms with Gasteiger partial charge in [-0.1, -0.05) is 0 Å². The summed E-state index contributed by atoms with van der Waals surface area (Å²) in [6, 6.07) is 6.73. The number of sulfonamides is 1. The minimum Gasteiger partial charge on any atom is -0.399 e. The molecule has 20 heavy (non-hydrogen) atoms. The number of thiophene rings is 1. The Hall–Kier alpha value is -1.37. The molecule has 1 heterocycles. The van der Waals surface area contributed by atoms with Gasteiger partial charge < -0.3 is 5.73 Å². The van der Waals surface area contributed by atoms with Crippen LogP contribution < -0.4 is 10.5 Å². The van der Waals surface area contributed by atoms with Crippen LogP contribution in [0.25, 0.3) is 0 Å². The first kappa shape index (κ1) is 15.0. The zero-order valence-corrected chi connectivity index (χ0v) is 13.4. The number of anilines is 1. The van der Waals surface area contributed by atoms with E-state index in [0.29, 0.717) is 12.2 Å². The van der Waals surface area contributed by atoms with E-state index >= 15 is 0 Å². The zero-order chi connectivity index (χ0) is 14.9. The third-order valence-corrected chi connectivity index (χ3v) is 5.76. The van der Waals surface area contributed by atoms with Crippen LogP contribution in [0, 0.1) is 20.8 Å². The van der Waals surface area contributed by atoms with E-state index in [9.17, 15) is 8.42 Å². The molecule has 0 bridgehead atoms. The molecule has 0 unspecified atom stereocenters. The van der Waals surface area contributed by atoms with Gasteiger partial charge in [0.05, 0.1) is 4.90 Å². The van der Waals surface area contributed by atoms with Crippen molar-refractivity contribution in [2.24, 2.45) is 0 Å². The maximum atomic E-state index is 12.2. The first-order valence-electron chi connectivity index (χ1n) is 6.21. The first-order valence-corrected chi connectivity index (χ1v) is 8.51. The molecule has 0 fully saturated rings. The average molecular weight is 310 g/mol. The zero-order valence-electron chi connectivity index (χ0n) is 11.7. The van der Waals surface area contributed by atoms with Gasteiger partial charge in [-0.2, -0.15) is 0 Å². The van der Waals surface area contributed by atoms with Gasteiger partial charge >= 0.3 is 0 Å². The highest BCUT2D eigenvalue weighted by atomic mass is 32.2. The van der Waals surface area contributed by atoms with Gasteiger partial charge in [0.25, 0.3) is 0 Å². The van der Waals surface area contributed by atoms with Crippen molar-refractivity contribution in [3.05, 3.63) is 45.1 Å². The molecule has 0 atom stereocenters. The molecule has 0 aliphatic rings. The number of rotatable bonds is 4. The third-order valence-electron chi connectivity index (χ3n) is 3.20. The fraction of sp³-hybridized carbons (Fsp3) is 0.286. The number of nitrogen functional groups attached to an aromatic ring is 1. The number of nitrogens with two attached hydrogens (primary N) is 1. The Bertz CT molecular complexity index is 714. The summed E-state index contributed by atoms with van der Waals surface area (Å²) in [6.45, 7) is 6.15. The Kier molecular flexibility index (Phi) is 4.17. The Balaban J connectivity index is 2.16. The molecule has 0 saturated heterocycles. The first-order chi connectivity index (χ1) is 9.29. The third kappa shape index (κ3) is 3.20. The second-order valence-corrected chi connectivity index (χ2v) is 7.90. The predicted octanol–water partition coefficient (Wildman–Crippen LogP) is 2.73. The van der Waals surface area contributed by atoms with Gasteiger partial charge in [-0.05, 0) is 56.2 Å². The van der Waals surface area contributed by atoms with Gasteiger partial charge in [-0.15, -0.1) is 11.3 Å². The summed E-state index contributed by atoms with van der Waals surface area (Å²) in [5, 5.41) is 0.